The quantitative estimate of drug-likeness (QED) is 0.826. The number of alkyl halides is 3. The van der Waals surface area contributed by atoms with Crippen LogP contribution in [0.25, 0.3) is 0 Å². The number of carbonyl (C=O) groups is 2. The minimum atomic E-state index is -4.68. The van der Waals surface area contributed by atoms with Gasteiger partial charge in [0.05, 0.1) is 17.8 Å². The average Bonchev–Trinajstić information content (AvgIpc) is 2.53. The van der Waals surface area contributed by atoms with Crippen LogP contribution in [-0.2, 0) is 12.7 Å². The fourth-order valence-corrected chi connectivity index (χ4v) is 1.89. The molecule has 0 atom stereocenters. The van der Waals surface area contributed by atoms with Gasteiger partial charge in [-0.3, -0.25) is 15.1 Å². The van der Waals surface area contributed by atoms with E-state index in [1.54, 1.807) is 18.2 Å². The molecular weight excluding hydrogens is 349 g/mol. The lowest BCUT2D eigenvalue weighted by atomic mass is 10.2. The van der Waals surface area contributed by atoms with Crippen molar-refractivity contribution in [2.45, 2.75) is 12.7 Å². The van der Waals surface area contributed by atoms with Crippen molar-refractivity contribution in [3.8, 4) is 0 Å². The van der Waals surface area contributed by atoms with Crippen molar-refractivity contribution >= 4 is 23.5 Å². The number of carbonyl (C=O) groups excluding carboxylic acids is 2. The van der Waals surface area contributed by atoms with E-state index in [4.69, 9.17) is 11.6 Å². The van der Waals surface area contributed by atoms with Crippen molar-refractivity contribution < 1.29 is 22.8 Å². The lowest BCUT2D eigenvalue weighted by Crippen LogP contribution is -2.39. The molecule has 10 heteroatoms. The number of hydrogen-bond acceptors (Lipinski definition) is 4. The molecule has 126 valence electrons. The highest BCUT2D eigenvalue weighted by molar-refractivity contribution is 6.33. The first-order chi connectivity index (χ1) is 11.3. The Labute approximate surface area is 139 Å². The second kappa shape index (κ2) is 7.26. The number of halogens is 4. The molecule has 2 rings (SSSR count). The van der Waals surface area contributed by atoms with Crippen molar-refractivity contribution in [1.82, 2.24) is 20.6 Å². The molecule has 0 aliphatic heterocycles. The predicted octanol–water partition coefficient (Wildman–Crippen LogP) is 2.79. The van der Waals surface area contributed by atoms with Gasteiger partial charge in [0.15, 0.2) is 0 Å². The third-order valence-electron chi connectivity index (χ3n) is 2.77. The molecule has 3 amide bonds. The SMILES string of the molecule is O=C(NCc1ccccn1)NC(=O)c1ccc(C(F)(F)F)nc1Cl. The Kier molecular flexibility index (Phi) is 5.35. The van der Waals surface area contributed by atoms with Crippen molar-refractivity contribution in [3.63, 3.8) is 0 Å². The molecular formula is C14H10ClF3N4O2. The zero-order chi connectivity index (χ0) is 17.7. The van der Waals surface area contributed by atoms with Gasteiger partial charge in [0.25, 0.3) is 5.91 Å². The van der Waals surface area contributed by atoms with Crippen LogP contribution in [0.15, 0.2) is 36.5 Å². The molecule has 0 aliphatic carbocycles. The van der Waals surface area contributed by atoms with E-state index < -0.39 is 29.0 Å². The van der Waals surface area contributed by atoms with E-state index in [2.05, 4.69) is 15.3 Å². The molecule has 0 bridgehead atoms. The zero-order valence-corrected chi connectivity index (χ0v) is 12.6. The van der Waals surface area contributed by atoms with Crippen LogP contribution in [0.3, 0.4) is 0 Å². The standard InChI is InChI=1S/C14H10ClF3N4O2/c15-11-9(4-5-10(21-11)14(16,17)18)12(23)22-13(24)20-7-8-3-1-2-6-19-8/h1-6H,7H2,(H2,20,22,23,24). The van der Waals surface area contributed by atoms with E-state index >= 15 is 0 Å². The molecule has 2 aromatic rings. The average molecular weight is 359 g/mol. The Hall–Kier alpha value is -2.68. The van der Waals surface area contributed by atoms with E-state index in [0.717, 1.165) is 6.07 Å². The molecule has 0 saturated carbocycles. The number of pyridine rings is 2. The second-order valence-corrected chi connectivity index (χ2v) is 4.85. The van der Waals surface area contributed by atoms with Gasteiger partial charge >= 0.3 is 12.2 Å². The summed E-state index contributed by atoms with van der Waals surface area (Å²) in [6, 6.07) is 5.69. The van der Waals surface area contributed by atoms with Crippen molar-refractivity contribution in [2.75, 3.05) is 0 Å². The number of nitrogens with zero attached hydrogens (tertiary/aromatic N) is 2. The fourth-order valence-electron chi connectivity index (χ4n) is 1.65. The maximum Gasteiger partial charge on any atom is 0.433 e. The molecule has 0 unspecified atom stereocenters. The van der Waals surface area contributed by atoms with E-state index in [-0.39, 0.29) is 12.1 Å². The van der Waals surface area contributed by atoms with Gasteiger partial charge in [-0.25, -0.2) is 9.78 Å². The van der Waals surface area contributed by atoms with Crippen molar-refractivity contribution in [3.05, 3.63) is 58.6 Å². The van der Waals surface area contributed by atoms with Gasteiger partial charge in [0.2, 0.25) is 0 Å². The van der Waals surface area contributed by atoms with Crippen LogP contribution in [0.5, 0.6) is 0 Å². The summed E-state index contributed by atoms with van der Waals surface area (Å²) in [4.78, 5) is 30.6. The second-order valence-electron chi connectivity index (χ2n) is 4.49. The highest BCUT2D eigenvalue weighted by Crippen LogP contribution is 2.29. The lowest BCUT2D eigenvalue weighted by molar-refractivity contribution is -0.141. The third kappa shape index (κ3) is 4.66. The minimum absolute atomic E-state index is 0.0684. The summed E-state index contributed by atoms with van der Waals surface area (Å²) in [5.74, 6) is -0.972. The predicted molar refractivity (Wildman–Crippen MR) is 78.2 cm³/mol. The number of amides is 3. The molecule has 2 heterocycles. The highest BCUT2D eigenvalue weighted by atomic mass is 35.5. The third-order valence-corrected chi connectivity index (χ3v) is 3.06. The maximum atomic E-state index is 12.5. The van der Waals surface area contributed by atoms with Crippen molar-refractivity contribution in [2.24, 2.45) is 0 Å². The normalized spacial score (nSPS) is 11.0. The van der Waals surface area contributed by atoms with Crippen LogP contribution in [0, 0.1) is 0 Å². The van der Waals surface area contributed by atoms with Gasteiger partial charge in [0, 0.05) is 6.20 Å². The Bertz CT molecular complexity index is 753. The topological polar surface area (TPSA) is 84.0 Å². The van der Waals surface area contributed by atoms with E-state index in [0.29, 0.717) is 11.8 Å². The van der Waals surface area contributed by atoms with Gasteiger partial charge in [-0.15, -0.1) is 0 Å². The van der Waals surface area contributed by atoms with Gasteiger partial charge in [-0.1, -0.05) is 17.7 Å². The van der Waals surface area contributed by atoms with Gasteiger partial charge in [-0.05, 0) is 24.3 Å². The number of nitrogens with one attached hydrogen (secondary N) is 2. The van der Waals surface area contributed by atoms with Crippen LogP contribution < -0.4 is 10.6 Å². The number of rotatable bonds is 3. The first-order valence-electron chi connectivity index (χ1n) is 6.50. The fraction of sp³-hybridized carbons (Fsp3) is 0.143. The molecule has 2 aromatic heterocycles. The monoisotopic (exact) mass is 358 g/mol. The Morgan fingerprint density at radius 2 is 1.92 bits per heavy atom. The summed E-state index contributed by atoms with van der Waals surface area (Å²) in [5.41, 5.74) is -1.02. The first kappa shape index (κ1) is 17.7. The van der Waals surface area contributed by atoms with Crippen LogP contribution in [-0.4, -0.2) is 21.9 Å². The molecule has 24 heavy (non-hydrogen) atoms. The molecule has 6 nitrogen and oxygen atoms in total. The molecule has 0 spiro atoms. The number of imide groups is 1. The molecule has 2 N–H and O–H groups in total. The van der Waals surface area contributed by atoms with Crippen LogP contribution in [0.4, 0.5) is 18.0 Å². The van der Waals surface area contributed by atoms with E-state index in [1.807, 2.05) is 5.32 Å². The van der Waals surface area contributed by atoms with Gasteiger partial charge < -0.3 is 5.32 Å². The summed E-state index contributed by atoms with van der Waals surface area (Å²) in [6.07, 6.45) is -3.15. The van der Waals surface area contributed by atoms with Gasteiger partial charge in [-0.2, -0.15) is 13.2 Å². The van der Waals surface area contributed by atoms with Crippen LogP contribution in [0.1, 0.15) is 21.7 Å². The molecule has 0 saturated heterocycles. The highest BCUT2D eigenvalue weighted by Gasteiger charge is 2.33. The first-order valence-corrected chi connectivity index (χ1v) is 6.88. The molecule has 0 fully saturated rings. The Morgan fingerprint density at radius 3 is 2.50 bits per heavy atom. The number of urea groups is 1. The molecule has 0 aromatic carbocycles. The number of aromatic nitrogens is 2. The van der Waals surface area contributed by atoms with E-state index in [1.165, 1.54) is 6.20 Å². The Balaban J connectivity index is 1.98. The van der Waals surface area contributed by atoms with Crippen molar-refractivity contribution in [1.29, 1.82) is 0 Å². The Morgan fingerprint density at radius 1 is 1.17 bits per heavy atom. The largest absolute Gasteiger partial charge is 0.433 e. The lowest BCUT2D eigenvalue weighted by Gasteiger charge is -2.09. The van der Waals surface area contributed by atoms with E-state index in [9.17, 15) is 22.8 Å². The molecule has 0 aliphatic rings. The maximum absolute atomic E-state index is 12.5. The number of hydrogen-bond donors (Lipinski definition) is 2. The summed E-state index contributed by atoms with van der Waals surface area (Å²) in [7, 11) is 0. The smallest absolute Gasteiger partial charge is 0.332 e. The summed E-state index contributed by atoms with van der Waals surface area (Å²) < 4.78 is 37.4. The zero-order valence-electron chi connectivity index (χ0n) is 11.9. The minimum Gasteiger partial charge on any atom is -0.332 e. The van der Waals surface area contributed by atoms with Crippen LogP contribution >= 0.6 is 11.6 Å². The summed E-state index contributed by atoms with van der Waals surface area (Å²) in [5, 5.41) is 3.67. The summed E-state index contributed by atoms with van der Waals surface area (Å²) in [6.45, 7) is 0.0684. The van der Waals surface area contributed by atoms with Gasteiger partial charge in [0.1, 0.15) is 10.8 Å². The van der Waals surface area contributed by atoms with Crippen LogP contribution in [0.2, 0.25) is 5.15 Å². The summed E-state index contributed by atoms with van der Waals surface area (Å²) >= 11 is 5.57. The molecule has 0 radical (unpaired) electrons.